The van der Waals surface area contributed by atoms with Gasteiger partial charge in [-0.2, -0.15) is 0 Å². The second kappa shape index (κ2) is 7.35. The Morgan fingerprint density at radius 2 is 1.55 bits per heavy atom. The fraction of sp³-hybridized carbons (Fsp3) is 0.348. The number of benzene rings is 1. The smallest absolute Gasteiger partial charge is 0.290 e. The van der Waals surface area contributed by atoms with Crippen LogP contribution in [0.15, 0.2) is 48.7 Å². The minimum Gasteiger partial charge on any atom is -0.336 e. The van der Waals surface area contributed by atoms with Crippen LogP contribution in [0.1, 0.15) is 51.5 Å². The lowest BCUT2D eigenvalue weighted by Crippen LogP contribution is -2.37. The Hall–Kier alpha value is -3.15. The van der Waals surface area contributed by atoms with Gasteiger partial charge in [-0.15, -0.1) is 0 Å². The van der Waals surface area contributed by atoms with Crippen LogP contribution in [0.3, 0.4) is 0 Å². The first-order chi connectivity index (χ1) is 14.2. The number of amides is 2. The van der Waals surface area contributed by atoms with E-state index in [4.69, 9.17) is 0 Å². The molecule has 6 heteroatoms. The monoisotopic (exact) mass is 388 g/mol. The molecule has 4 heterocycles. The minimum atomic E-state index is -0.110. The normalized spacial score (nSPS) is 16.7. The molecule has 148 valence electrons. The van der Waals surface area contributed by atoms with Gasteiger partial charge in [0.2, 0.25) is 5.82 Å². The lowest BCUT2D eigenvalue weighted by Gasteiger charge is -2.28. The number of piperidine rings is 1. The lowest BCUT2D eigenvalue weighted by atomic mass is 10.00. The van der Waals surface area contributed by atoms with Crippen molar-refractivity contribution in [1.29, 1.82) is 0 Å². The molecular weight excluding hydrogens is 364 g/mol. The molecular formula is C23H24N4O2. The molecule has 2 aromatic heterocycles. The molecule has 0 saturated carbocycles. The summed E-state index contributed by atoms with van der Waals surface area (Å²) >= 11 is 0. The molecule has 5 rings (SSSR count). The first-order valence-electron chi connectivity index (χ1n) is 10.3. The van der Waals surface area contributed by atoms with E-state index in [9.17, 15) is 9.59 Å². The highest BCUT2D eigenvalue weighted by molar-refractivity contribution is 6.02. The Labute approximate surface area is 169 Å². The average molecular weight is 388 g/mol. The topological polar surface area (TPSA) is 57.9 Å². The zero-order chi connectivity index (χ0) is 19.8. The van der Waals surface area contributed by atoms with Crippen molar-refractivity contribution in [3.8, 4) is 0 Å². The first kappa shape index (κ1) is 17.9. The van der Waals surface area contributed by atoms with Crippen LogP contribution in [-0.2, 0) is 13.0 Å². The van der Waals surface area contributed by atoms with E-state index in [0.29, 0.717) is 30.1 Å². The zero-order valence-corrected chi connectivity index (χ0v) is 16.4. The van der Waals surface area contributed by atoms with Crippen molar-refractivity contribution in [2.45, 2.75) is 32.2 Å². The van der Waals surface area contributed by atoms with E-state index >= 15 is 0 Å². The van der Waals surface area contributed by atoms with Gasteiger partial charge in [0.05, 0.1) is 5.52 Å². The molecule has 0 bridgehead atoms. The maximum atomic E-state index is 13.4. The fourth-order valence-electron chi connectivity index (χ4n) is 4.40. The second-order valence-corrected chi connectivity index (χ2v) is 7.84. The molecule has 1 aromatic carbocycles. The average Bonchev–Trinajstić information content (AvgIpc) is 3.18. The van der Waals surface area contributed by atoms with Gasteiger partial charge in [0.15, 0.2) is 5.69 Å². The standard InChI is InChI=1S/C23H24N4O2/c28-22(26-15-11-17-8-2-3-9-18(17)16-26)20-19-10-4-7-14-27(19)21(24-20)23(29)25-12-5-1-6-13-25/h2-4,7-10,14H,1,5-6,11-13,15-16H2. The van der Waals surface area contributed by atoms with Gasteiger partial charge in [-0.05, 0) is 48.9 Å². The van der Waals surface area contributed by atoms with E-state index in [-0.39, 0.29) is 11.8 Å². The van der Waals surface area contributed by atoms with Crippen LogP contribution in [0.25, 0.3) is 5.52 Å². The highest BCUT2D eigenvalue weighted by Crippen LogP contribution is 2.23. The quantitative estimate of drug-likeness (QED) is 0.678. The largest absolute Gasteiger partial charge is 0.336 e. The lowest BCUT2D eigenvalue weighted by molar-refractivity contribution is 0.0710. The summed E-state index contributed by atoms with van der Waals surface area (Å²) in [5.41, 5.74) is 3.54. The van der Waals surface area contributed by atoms with Gasteiger partial charge in [-0.3, -0.25) is 14.0 Å². The molecule has 2 aliphatic rings. The highest BCUT2D eigenvalue weighted by Gasteiger charge is 2.29. The number of hydrogen-bond acceptors (Lipinski definition) is 3. The number of aromatic nitrogens is 2. The summed E-state index contributed by atoms with van der Waals surface area (Å²) in [5.74, 6) is 0.137. The number of hydrogen-bond donors (Lipinski definition) is 0. The van der Waals surface area contributed by atoms with E-state index in [2.05, 4.69) is 17.1 Å². The molecule has 0 N–H and O–H groups in total. The summed E-state index contributed by atoms with van der Waals surface area (Å²) in [6.07, 6.45) is 5.86. The number of imidazole rings is 1. The van der Waals surface area contributed by atoms with Gasteiger partial charge >= 0.3 is 0 Å². The molecule has 0 spiro atoms. The molecule has 0 atom stereocenters. The predicted molar refractivity (Wildman–Crippen MR) is 110 cm³/mol. The van der Waals surface area contributed by atoms with Crippen molar-refractivity contribution in [3.05, 3.63) is 71.3 Å². The molecule has 29 heavy (non-hydrogen) atoms. The third-order valence-electron chi connectivity index (χ3n) is 6.00. The number of fused-ring (bicyclic) bond motifs is 2. The van der Waals surface area contributed by atoms with Crippen LogP contribution in [0, 0.1) is 0 Å². The number of rotatable bonds is 2. The van der Waals surface area contributed by atoms with Crippen LogP contribution in [0.4, 0.5) is 0 Å². The molecule has 2 aliphatic heterocycles. The molecule has 0 unspecified atom stereocenters. The predicted octanol–water partition coefficient (Wildman–Crippen LogP) is 3.16. The maximum absolute atomic E-state index is 13.4. The number of pyridine rings is 1. The summed E-state index contributed by atoms with van der Waals surface area (Å²) in [6, 6.07) is 13.9. The van der Waals surface area contributed by atoms with Crippen LogP contribution < -0.4 is 0 Å². The number of nitrogens with zero attached hydrogens (tertiary/aromatic N) is 4. The van der Waals surface area contributed by atoms with Gasteiger partial charge < -0.3 is 9.80 Å². The van der Waals surface area contributed by atoms with Crippen molar-refractivity contribution in [2.24, 2.45) is 0 Å². The summed E-state index contributed by atoms with van der Waals surface area (Å²) in [7, 11) is 0. The van der Waals surface area contributed by atoms with Crippen LogP contribution >= 0.6 is 0 Å². The Morgan fingerprint density at radius 1 is 0.793 bits per heavy atom. The van der Waals surface area contributed by atoms with Gasteiger partial charge in [0.25, 0.3) is 11.8 Å². The first-order valence-corrected chi connectivity index (χ1v) is 10.3. The van der Waals surface area contributed by atoms with Gasteiger partial charge in [-0.25, -0.2) is 4.98 Å². The minimum absolute atomic E-state index is 0.0889. The van der Waals surface area contributed by atoms with E-state index in [0.717, 1.165) is 38.8 Å². The SMILES string of the molecule is O=C(c1nc(C(=O)N2CCCCC2)n2ccccc12)N1CCc2ccccc2C1. The molecule has 3 aromatic rings. The van der Waals surface area contributed by atoms with Crippen molar-refractivity contribution >= 4 is 17.3 Å². The summed E-state index contributed by atoms with van der Waals surface area (Å²) in [5, 5.41) is 0. The van der Waals surface area contributed by atoms with Crippen molar-refractivity contribution < 1.29 is 9.59 Å². The van der Waals surface area contributed by atoms with Crippen LogP contribution in [0.5, 0.6) is 0 Å². The molecule has 0 radical (unpaired) electrons. The molecule has 2 amide bonds. The van der Waals surface area contributed by atoms with Crippen molar-refractivity contribution in [1.82, 2.24) is 19.2 Å². The third-order valence-corrected chi connectivity index (χ3v) is 6.00. The van der Waals surface area contributed by atoms with E-state index < -0.39 is 0 Å². The molecule has 1 fully saturated rings. The number of likely N-dealkylation sites (tertiary alicyclic amines) is 1. The van der Waals surface area contributed by atoms with E-state index in [1.165, 1.54) is 11.1 Å². The Balaban J connectivity index is 1.49. The highest BCUT2D eigenvalue weighted by atomic mass is 16.2. The summed E-state index contributed by atoms with van der Waals surface area (Å²) < 4.78 is 1.77. The Kier molecular flexibility index (Phi) is 4.54. The van der Waals surface area contributed by atoms with E-state index in [1.54, 1.807) is 4.40 Å². The Bertz CT molecular complexity index is 1080. The molecule has 1 saturated heterocycles. The maximum Gasteiger partial charge on any atom is 0.290 e. The zero-order valence-electron chi connectivity index (χ0n) is 16.4. The molecule has 6 nitrogen and oxygen atoms in total. The summed E-state index contributed by atoms with van der Waals surface area (Å²) in [4.78, 5) is 34.7. The van der Waals surface area contributed by atoms with Crippen molar-refractivity contribution in [3.63, 3.8) is 0 Å². The fourth-order valence-corrected chi connectivity index (χ4v) is 4.40. The molecule has 0 aliphatic carbocycles. The van der Waals surface area contributed by atoms with Crippen molar-refractivity contribution in [2.75, 3.05) is 19.6 Å². The second-order valence-electron chi connectivity index (χ2n) is 7.84. The van der Waals surface area contributed by atoms with Crippen LogP contribution in [-0.4, -0.2) is 50.6 Å². The van der Waals surface area contributed by atoms with Gasteiger partial charge in [0.1, 0.15) is 0 Å². The third kappa shape index (κ3) is 3.18. The van der Waals surface area contributed by atoms with Gasteiger partial charge in [0, 0.05) is 32.4 Å². The van der Waals surface area contributed by atoms with Gasteiger partial charge in [-0.1, -0.05) is 30.3 Å². The van der Waals surface area contributed by atoms with Crippen LogP contribution in [0.2, 0.25) is 0 Å². The summed E-state index contributed by atoms with van der Waals surface area (Å²) in [6.45, 7) is 2.76. The number of carbonyl (C=O) groups excluding carboxylic acids is 2. The van der Waals surface area contributed by atoms with E-state index in [1.807, 2.05) is 46.3 Å². The Morgan fingerprint density at radius 3 is 2.38 bits per heavy atom. The number of carbonyl (C=O) groups is 2.